The van der Waals surface area contributed by atoms with E-state index in [4.69, 9.17) is 10.5 Å². The third kappa shape index (κ3) is 1.94. The summed E-state index contributed by atoms with van der Waals surface area (Å²) >= 11 is 0. The van der Waals surface area contributed by atoms with Crippen LogP contribution in [0.3, 0.4) is 0 Å². The first kappa shape index (κ1) is 11.9. The van der Waals surface area contributed by atoms with E-state index in [0.717, 1.165) is 27.9 Å². The van der Waals surface area contributed by atoms with Gasteiger partial charge in [-0.3, -0.25) is 0 Å². The number of ether oxygens (including phenoxy) is 1. The van der Waals surface area contributed by atoms with Gasteiger partial charge in [-0.25, -0.2) is 0 Å². The molecule has 0 amide bonds. The fourth-order valence-electron chi connectivity index (χ4n) is 1.79. The molecule has 0 spiro atoms. The van der Waals surface area contributed by atoms with Gasteiger partial charge in [-0.2, -0.15) is 0 Å². The van der Waals surface area contributed by atoms with Crippen LogP contribution in [0.5, 0.6) is 5.75 Å². The lowest BCUT2D eigenvalue weighted by Gasteiger charge is -2.07. The van der Waals surface area contributed by atoms with Crippen LogP contribution in [0.4, 0.5) is 0 Å². The van der Waals surface area contributed by atoms with Crippen molar-refractivity contribution in [2.75, 3.05) is 7.11 Å². The van der Waals surface area contributed by atoms with Crippen LogP contribution in [0.1, 0.15) is 11.3 Å². The van der Waals surface area contributed by atoms with Crippen molar-refractivity contribution in [3.05, 3.63) is 29.5 Å². The van der Waals surface area contributed by atoms with Gasteiger partial charge in [-0.15, -0.1) is 12.4 Å². The molecule has 1 heterocycles. The number of aromatic nitrogens is 1. The van der Waals surface area contributed by atoms with E-state index >= 15 is 0 Å². The summed E-state index contributed by atoms with van der Waals surface area (Å²) in [7, 11) is 1.67. The first-order chi connectivity index (χ1) is 6.76. The van der Waals surface area contributed by atoms with Gasteiger partial charge in [0.05, 0.1) is 7.11 Å². The number of benzene rings is 1. The molecule has 0 aliphatic carbocycles. The van der Waals surface area contributed by atoms with Gasteiger partial charge in [-0.05, 0) is 25.1 Å². The molecule has 15 heavy (non-hydrogen) atoms. The van der Waals surface area contributed by atoms with E-state index in [1.807, 2.05) is 19.1 Å². The van der Waals surface area contributed by atoms with Crippen molar-refractivity contribution in [1.82, 2.24) is 4.98 Å². The molecule has 82 valence electrons. The van der Waals surface area contributed by atoms with Crippen LogP contribution in [-0.2, 0) is 6.54 Å². The van der Waals surface area contributed by atoms with Gasteiger partial charge in [0.1, 0.15) is 5.75 Å². The summed E-state index contributed by atoms with van der Waals surface area (Å²) in [5, 5.41) is 1.16. The number of H-pyrrole nitrogens is 1. The van der Waals surface area contributed by atoms with Crippen LogP contribution in [0.15, 0.2) is 18.2 Å². The van der Waals surface area contributed by atoms with Crippen molar-refractivity contribution in [2.24, 2.45) is 5.73 Å². The van der Waals surface area contributed by atoms with E-state index in [-0.39, 0.29) is 12.4 Å². The van der Waals surface area contributed by atoms with Crippen molar-refractivity contribution in [3.63, 3.8) is 0 Å². The normalized spacial score (nSPS) is 10.1. The molecule has 1 aromatic heterocycles. The largest absolute Gasteiger partial charge is 0.496 e. The average Bonchev–Trinajstić information content (AvgIpc) is 2.56. The number of halogens is 1. The molecular formula is C11H15ClN2O. The van der Waals surface area contributed by atoms with E-state index < -0.39 is 0 Å². The molecule has 2 rings (SSSR count). The maximum absolute atomic E-state index is 5.71. The number of methoxy groups -OCH3 is 1. The molecule has 4 heteroatoms. The van der Waals surface area contributed by atoms with Crippen molar-refractivity contribution in [1.29, 1.82) is 0 Å². The van der Waals surface area contributed by atoms with Crippen molar-refractivity contribution in [2.45, 2.75) is 13.5 Å². The van der Waals surface area contributed by atoms with Crippen LogP contribution >= 0.6 is 12.4 Å². The third-order valence-corrected chi connectivity index (χ3v) is 2.43. The summed E-state index contributed by atoms with van der Waals surface area (Å²) in [6, 6.07) is 6.06. The molecule has 0 aliphatic rings. The lowest BCUT2D eigenvalue weighted by molar-refractivity contribution is 0.410. The summed E-state index contributed by atoms with van der Waals surface area (Å²) in [5.41, 5.74) is 9.03. The first-order valence-electron chi connectivity index (χ1n) is 4.61. The minimum Gasteiger partial charge on any atom is -0.496 e. The quantitative estimate of drug-likeness (QED) is 0.826. The minimum absolute atomic E-state index is 0. The Kier molecular flexibility index (Phi) is 3.61. The number of hydrogen-bond donors (Lipinski definition) is 2. The smallest absolute Gasteiger partial charge is 0.124 e. The van der Waals surface area contributed by atoms with Crippen LogP contribution in [0.25, 0.3) is 10.9 Å². The van der Waals surface area contributed by atoms with E-state index in [1.165, 1.54) is 0 Å². The monoisotopic (exact) mass is 226 g/mol. The van der Waals surface area contributed by atoms with E-state index in [0.29, 0.717) is 6.54 Å². The Morgan fingerprint density at radius 3 is 2.73 bits per heavy atom. The molecule has 2 aromatic rings. The number of nitrogens with one attached hydrogen (secondary N) is 1. The molecule has 0 bridgehead atoms. The highest BCUT2D eigenvalue weighted by molar-refractivity contribution is 5.86. The third-order valence-electron chi connectivity index (χ3n) is 2.43. The van der Waals surface area contributed by atoms with Gasteiger partial charge < -0.3 is 15.5 Å². The highest BCUT2D eigenvalue weighted by Crippen LogP contribution is 2.27. The molecule has 0 saturated heterocycles. The fourth-order valence-corrected chi connectivity index (χ4v) is 1.79. The minimum atomic E-state index is 0. The highest BCUT2D eigenvalue weighted by atomic mass is 35.5. The summed E-state index contributed by atoms with van der Waals surface area (Å²) in [6.07, 6.45) is 0. The molecule has 0 radical (unpaired) electrons. The zero-order chi connectivity index (χ0) is 10.1. The fraction of sp³-hybridized carbons (Fsp3) is 0.273. The number of nitrogens with two attached hydrogens (primary N) is 1. The topological polar surface area (TPSA) is 51.0 Å². The second kappa shape index (κ2) is 4.55. The lowest BCUT2D eigenvalue weighted by atomic mass is 10.1. The van der Waals surface area contributed by atoms with Crippen LogP contribution in [0, 0.1) is 6.92 Å². The number of fused-ring (bicyclic) bond motifs is 1. The maximum atomic E-state index is 5.71. The van der Waals surface area contributed by atoms with Crippen molar-refractivity contribution < 1.29 is 4.74 Å². The molecule has 3 nitrogen and oxygen atoms in total. The molecule has 1 aromatic carbocycles. The molecule has 3 N–H and O–H groups in total. The Morgan fingerprint density at radius 1 is 1.40 bits per heavy atom. The predicted octanol–water partition coefficient (Wildman–Crippen LogP) is 2.37. The molecule has 0 fully saturated rings. The van der Waals surface area contributed by atoms with Crippen LogP contribution < -0.4 is 10.5 Å². The summed E-state index contributed by atoms with van der Waals surface area (Å²) in [6.45, 7) is 2.53. The number of hydrogen-bond acceptors (Lipinski definition) is 2. The first-order valence-corrected chi connectivity index (χ1v) is 4.61. The molecule has 0 saturated carbocycles. The Balaban J connectivity index is 0.00000112. The number of aryl methyl sites for hydroxylation is 1. The van der Waals surface area contributed by atoms with E-state index in [1.54, 1.807) is 7.11 Å². The van der Waals surface area contributed by atoms with Crippen molar-refractivity contribution >= 4 is 23.3 Å². The maximum Gasteiger partial charge on any atom is 0.124 e. The molecule has 0 aliphatic heterocycles. The van der Waals surface area contributed by atoms with Crippen LogP contribution in [-0.4, -0.2) is 12.1 Å². The van der Waals surface area contributed by atoms with Gasteiger partial charge >= 0.3 is 0 Å². The average molecular weight is 227 g/mol. The zero-order valence-electron chi connectivity index (χ0n) is 8.83. The Morgan fingerprint density at radius 2 is 2.13 bits per heavy atom. The Bertz CT molecular complexity index is 465. The van der Waals surface area contributed by atoms with Crippen LogP contribution in [0.2, 0.25) is 0 Å². The number of rotatable bonds is 2. The molecular weight excluding hydrogens is 212 g/mol. The second-order valence-corrected chi connectivity index (χ2v) is 3.36. The van der Waals surface area contributed by atoms with Gasteiger partial charge in [0, 0.05) is 28.7 Å². The molecule has 0 atom stereocenters. The van der Waals surface area contributed by atoms with Gasteiger partial charge in [-0.1, -0.05) is 0 Å². The summed E-state index contributed by atoms with van der Waals surface area (Å²) in [5.74, 6) is 0.860. The van der Waals surface area contributed by atoms with E-state index in [2.05, 4.69) is 11.1 Å². The SMILES string of the molecule is COc1ccc2[nH]c(C)cc2c1CN.Cl. The Labute approximate surface area is 95.0 Å². The lowest BCUT2D eigenvalue weighted by Crippen LogP contribution is -2.00. The van der Waals surface area contributed by atoms with Gasteiger partial charge in [0.25, 0.3) is 0 Å². The highest BCUT2D eigenvalue weighted by Gasteiger charge is 2.07. The standard InChI is InChI=1S/C11H14N2O.ClH/c1-7-5-8-9(6-12)11(14-2)4-3-10(8)13-7;/h3-5,13H,6,12H2,1-2H3;1H. The Hall–Kier alpha value is -1.19. The second-order valence-electron chi connectivity index (χ2n) is 3.36. The summed E-state index contributed by atoms with van der Waals surface area (Å²) in [4.78, 5) is 3.27. The van der Waals surface area contributed by atoms with Gasteiger partial charge in [0.15, 0.2) is 0 Å². The van der Waals surface area contributed by atoms with Crippen molar-refractivity contribution in [3.8, 4) is 5.75 Å². The molecule has 0 unspecified atom stereocenters. The van der Waals surface area contributed by atoms with E-state index in [9.17, 15) is 0 Å². The number of aromatic amines is 1. The zero-order valence-corrected chi connectivity index (χ0v) is 9.65. The predicted molar refractivity (Wildman–Crippen MR) is 64.7 cm³/mol. The summed E-state index contributed by atoms with van der Waals surface area (Å²) < 4.78 is 5.26. The van der Waals surface area contributed by atoms with Gasteiger partial charge in [0.2, 0.25) is 0 Å².